The maximum absolute atomic E-state index is 11.3. The first-order valence-corrected chi connectivity index (χ1v) is 5.29. The highest BCUT2D eigenvalue weighted by Crippen LogP contribution is 2.08. The molecule has 1 rings (SSSR count). The molecule has 0 saturated carbocycles. The van der Waals surface area contributed by atoms with Crippen LogP contribution in [-0.4, -0.2) is 29.6 Å². The van der Waals surface area contributed by atoms with Gasteiger partial charge in [-0.3, -0.25) is 9.59 Å². The van der Waals surface area contributed by atoms with Crippen molar-refractivity contribution in [3.05, 3.63) is 30.3 Å². The number of carbonyl (C=O) groups is 2. The van der Waals surface area contributed by atoms with Crippen molar-refractivity contribution in [2.45, 2.75) is 19.4 Å². The maximum Gasteiger partial charge on any atom is 0.325 e. The van der Waals surface area contributed by atoms with Gasteiger partial charge in [0.15, 0.2) is 0 Å². The van der Waals surface area contributed by atoms with Crippen LogP contribution >= 0.6 is 0 Å². The molecule has 0 aliphatic carbocycles. The van der Waals surface area contributed by atoms with Crippen LogP contribution in [0.1, 0.15) is 13.3 Å². The van der Waals surface area contributed by atoms with E-state index in [4.69, 9.17) is 9.84 Å². The molecular formula is C12H15NO4. The van der Waals surface area contributed by atoms with E-state index >= 15 is 0 Å². The minimum absolute atomic E-state index is 0.131. The molecule has 1 aromatic rings. The molecule has 5 nitrogen and oxygen atoms in total. The van der Waals surface area contributed by atoms with Crippen LogP contribution in [0.5, 0.6) is 5.75 Å². The SMILES string of the molecule is C[C@H](NC(=O)CCOc1ccccc1)C(=O)O. The zero-order valence-corrected chi connectivity index (χ0v) is 9.55. The van der Waals surface area contributed by atoms with Gasteiger partial charge in [0.05, 0.1) is 13.0 Å². The Bertz CT molecular complexity index is 377. The lowest BCUT2D eigenvalue weighted by atomic mass is 10.3. The molecule has 0 saturated heterocycles. The van der Waals surface area contributed by atoms with E-state index in [-0.39, 0.29) is 18.9 Å². The van der Waals surface area contributed by atoms with Crippen molar-refractivity contribution in [2.75, 3.05) is 6.61 Å². The fourth-order valence-corrected chi connectivity index (χ4v) is 1.15. The molecule has 0 radical (unpaired) electrons. The molecule has 0 spiro atoms. The summed E-state index contributed by atoms with van der Waals surface area (Å²) in [6, 6.07) is 8.24. The van der Waals surface area contributed by atoms with Gasteiger partial charge >= 0.3 is 5.97 Å². The number of carboxylic acid groups (broad SMARTS) is 1. The first-order valence-electron chi connectivity index (χ1n) is 5.29. The lowest BCUT2D eigenvalue weighted by Crippen LogP contribution is -2.38. The predicted molar refractivity (Wildman–Crippen MR) is 61.8 cm³/mol. The first kappa shape index (κ1) is 13.0. The van der Waals surface area contributed by atoms with Crippen LogP contribution in [0, 0.1) is 0 Å². The van der Waals surface area contributed by atoms with Gasteiger partial charge in [0, 0.05) is 0 Å². The van der Waals surface area contributed by atoms with Crippen molar-refractivity contribution in [2.24, 2.45) is 0 Å². The molecule has 92 valence electrons. The Labute approximate surface area is 99.4 Å². The summed E-state index contributed by atoms with van der Waals surface area (Å²) in [5.41, 5.74) is 0. The van der Waals surface area contributed by atoms with E-state index in [2.05, 4.69) is 5.32 Å². The zero-order valence-electron chi connectivity index (χ0n) is 9.55. The standard InChI is InChI=1S/C12H15NO4/c1-9(12(15)16)13-11(14)7-8-17-10-5-3-2-4-6-10/h2-6,9H,7-8H2,1H3,(H,13,14)(H,15,16)/t9-/m0/s1. The van der Waals surface area contributed by atoms with Gasteiger partial charge in [0.25, 0.3) is 0 Å². The number of rotatable bonds is 6. The quantitative estimate of drug-likeness (QED) is 0.775. The van der Waals surface area contributed by atoms with Gasteiger partial charge in [0.1, 0.15) is 11.8 Å². The summed E-state index contributed by atoms with van der Waals surface area (Å²) in [6.07, 6.45) is 0.131. The maximum atomic E-state index is 11.3. The summed E-state index contributed by atoms with van der Waals surface area (Å²) >= 11 is 0. The minimum atomic E-state index is -1.05. The lowest BCUT2D eigenvalue weighted by Gasteiger charge is -2.09. The van der Waals surface area contributed by atoms with E-state index in [1.54, 1.807) is 12.1 Å². The number of nitrogens with one attached hydrogen (secondary N) is 1. The number of benzene rings is 1. The average molecular weight is 237 g/mol. The van der Waals surface area contributed by atoms with Gasteiger partial charge < -0.3 is 15.2 Å². The molecule has 0 unspecified atom stereocenters. The largest absolute Gasteiger partial charge is 0.493 e. The van der Waals surface area contributed by atoms with Gasteiger partial charge in [0.2, 0.25) is 5.91 Å². The number of carboxylic acids is 1. The van der Waals surface area contributed by atoms with Crippen LogP contribution in [0.25, 0.3) is 0 Å². The van der Waals surface area contributed by atoms with Crippen molar-refractivity contribution < 1.29 is 19.4 Å². The van der Waals surface area contributed by atoms with E-state index < -0.39 is 12.0 Å². The molecule has 0 fully saturated rings. The third-order valence-corrected chi connectivity index (χ3v) is 2.09. The number of amides is 1. The molecule has 1 aromatic carbocycles. The normalized spacial score (nSPS) is 11.6. The molecule has 0 bridgehead atoms. The summed E-state index contributed by atoms with van der Waals surface area (Å²) < 4.78 is 5.31. The molecule has 1 atom stereocenters. The van der Waals surface area contributed by atoms with E-state index in [9.17, 15) is 9.59 Å². The van der Waals surface area contributed by atoms with Crippen LogP contribution in [0.2, 0.25) is 0 Å². The number of carbonyl (C=O) groups excluding carboxylic acids is 1. The molecule has 0 heterocycles. The first-order chi connectivity index (χ1) is 8.09. The molecule has 0 aliphatic rings. The summed E-state index contributed by atoms with van der Waals surface area (Å²) in [5.74, 6) is -0.704. The van der Waals surface area contributed by atoms with Crippen LogP contribution in [0.4, 0.5) is 0 Å². The highest BCUT2D eigenvalue weighted by Gasteiger charge is 2.13. The number of aliphatic carboxylic acids is 1. The summed E-state index contributed by atoms with van der Waals surface area (Å²) in [6.45, 7) is 1.64. The van der Waals surface area contributed by atoms with Crippen LogP contribution in [-0.2, 0) is 9.59 Å². The van der Waals surface area contributed by atoms with Gasteiger partial charge in [-0.25, -0.2) is 0 Å². The molecule has 5 heteroatoms. The van der Waals surface area contributed by atoms with Gasteiger partial charge in [-0.15, -0.1) is 0 Å². The molecule has 17 heavy (non-hydrogen) atoms. The Morgan fingerprint density at radius 2 is 2.00 bits per heavy atom. The molecule has 0 aromatic heterocycles. The molecule has 2 N–H and O–H groups in total. The predicted octanol–water partition coefficient (Wildman–Crippen LogP) is 1.04. The fraction of sp³-hybridized carbons (Fsp3) is 0.333. The minimum Gasteiger partial charge on any atom is -0.493 e. The number of ether oxygens (including phenoxy) is 1. The summed E-state index contributed by atoms with van der Waals surface area (Å²) in [5, 5.41) is 10.9. The number of hydrogen-bond acceptors (Lipinski definition) is 3. The Morgan fingerprint density at radius 3 is 2.59 bits per heavy atom. The zero-order chi connectivity index (χ0) is 12.7. The number of hydrogen-bond donors (Lipinski definition) is 2. The highest BCUT2D eigenvalue weighted by atomic mass is 16.5. The van der Waals surface area contributed by atoms with Crippen molar-refractivity contribution in [3.8, 4) is 5.75 Å². The average Bonchev–Trinajstić information content (AvgIpc) is 2.30. The van der Waals surface area contributed by atoms with E-state index in [0.717, 1.165) is 0 Å². The second-order valence-corrected chi connectivity index (χ2v) is 3.54. The van der Waals surface area contributed by atoms with Crippen molar-refractivity contribution in [1.29, 1.82) is 0 Å². The topological polar surface area (TPSA) is 75.6 Å². The van der Waals surface area contributed by atoms with Gasteiger partial charge in [-0.2, -0.15) is 0 Å². The van der Waals surface area contributed by atoms with Crippen molar-refractivity contribution >= 4 is 11.9 Å². The Kier molecular flexibility index (Phi) is 5.00. The van der Waals surface area contributed by atoms with Gasteiger partial charge in [-0.05, 0) is 19.1 Å². The Balaban J connectivity index is 2.23. The third-order valence-electron chi connectivity index (χ3n) is 2.09. The molecular weight excluding hydrogens is 222 g/mol. The molecule has 0 aliphatic heterocycles. The van der Waals surface area contributed by atoms with E-state index in [0.29, 0.717) is 5.75 Å². The van der Waals surface area contributed by atoms with Crippen LogP contribution < -0.4 is 10.1 Å². The fourth-order valence-electron chi connectivity index (χ4n) is 1.15. The summed E-state index contributed by atoms with van der Waals surface area (Å²) in [7, 11) is 0. The van der Waals surface area contributed by atoms with E-state index in [1.165, 1.54) is 6.92 Å². The van der Waals surface area contributed by atoms with Crippen LogP contribution in [0.3, 0.4) is 0 Å². The Morgan fingerprint density at radius 1 is 1.35 bits per heavy atom. The smallest absolute Gasteiger partial charge is 0.325 e. The van der Waals surface area contributed by atoms with Crippen LogP contribution in [0.15, 0.2) is 30.3 Å². The lowest BCUT2D eigenvalue weighted by molar-refractivity contribution is -0.141. The van der Waals surface area contributed by atoms with E-state index in [1.807, 2.05) is 18.2 Å². The highest BCUT2D eigenvalue weighted by molar-refractivity contribution is 5.83. The number of para-hydroxylation sites is 1. The van der Waals surface area contributed by atoms with Crippen molar-refractivity contribution in [3.63, 3.8) is 0 Å². The monoisotopic (exact) mass is 237 g/mol. The summed E-state index contributed by atoms with van der Waals surface area (Å²) in [4.78, 5) is 21.8. The molecule has 1 amide bonds. The second-order valence-electron chi connectivity index (χ2n) is 3.54. The second kappa shape index (κ2) is 6.52. The Hall–Kier alpha value is -2.04. The van der Waals surface area contributed by atoms with Gasteiger partial charge in [-0.1, -0.05) is 18.2 Å². The van der Waals surface area contributed by atoms with Crippen molar-refractivity contribution in [1.82, 2.24) is 5.32 Å². The third kappa shape index (κ3) is 5.01.